The average Bonchev–Trinajstić information content (AvgIpc) is 4.08. The van der Waals surface area contributed by atoms with Gasteiger partial charge in [0.25, 0.3) is 0 Å². The normalized spacial score (nSPS) is 12.4. The Bertz CT molecular complexity index is 1700. The van der Waals surface area contributed by atoms with E-state index in [0.717, 1.165) is 75.6 Å². The number of benzene rings is 2. The van der Waals surface area contributed by atoms with Gasteiger partial charge in [0.15, 0.2) is 0 Å². The fourth-order valence-electron chi connectivity index (χ4n) is 7.14. The standard InChI is InChI=1S/2C22H36F2NO2S.2C5H5.Ti/c2*1-2-3-4-5-6-7-8-9-10-11-12-13-14-15-18-28(26,27)25-22-17-16-20(23)19-21(22)24;2*1-2-4-5-3-1;/h2*16-17,25H,2-15,18H2,1H3;2*1-3H,4H2;/q4*-1;+4. The van der Waals surface area contributed by atoms with Crippen LogP contribution in [0, 0.1) is 47.6 Å². The Labute approximate surface area is 420 Å². The van der Waals surface area contributed by atoms with E-state index in [1.165, 1.54) is 128 Å². The Kier molecular flexibility index (Phi) is 41.6. The summed E-state index contributed by atoms with van der Waals surface area (Å²) in [4.78, 5) is 0. The zero-order valence-electron chi connectivity index (χ0n) is 40.9. The van der Waals surface area contributed by atoms with Crippen LogP contribution in [0.3, 0.4) is 0 Å². The van der Waals surface area contributed by atoms with Crippen LogP contribution in [0.4, 0.5) is 28.9 Å². The molecule has 2 aromatic carbocycles. The predicted molar refractivity (Wildman–Crippen MR) is 269 cm³/mol. The molecule has 4 rings (SSSR count). The molecule has 67 heavy (non-hydrogen) atoms. The second-order valence-electron chi connectivity index (χ2n) is 17.1. The summed E-state index contributed by atoms with van der Waals surface area (Å²) in [6.45, 7) is 4.48. The molecule has 376 valence electrons. The fraction of sp³-hybridized carbons (Fsp3) is 0.630. The number of hydrogen-bond acceptors (Lipinski definition) is 4. The molecule has 0 aromatic heterocycles. The van der Waals surface area contributed by atoms with Crippen LogP contribution in [-0.2, 0) is 41.8 Å². The molecular formula is C54H82F4N2O4S2Ti. The van der Waals surface area contributed by atoms with E-state index in [4.69, 9.17) is 0 Å². The third-order valence-corrected chi connectivity index (χ3v) is 13.7. The number of hydrogen-bond donors (Lipinski definition) is 2. The van der Waals surface area contributed by atoms with E-state index >= 15 is 0 Å². The minimum atomic E-state index is -3.62. The largest absolute Gasteiger partial charge is 4.00 e. The van der Waals surface area contributed by atoms with Crippen molar-refractivity contribution in [3.8, 4) is 0 Å². The third kappa shape index (κ3) is 39.8. The third-order valence-electron chi connectivity index (χ3n) is 11.0. The molecule has 0 aliphatic heterocycles. The van der Waals surface area contributed by atoms with Crippen LogP contribution in [0.1, 0.15) is 206 Å². The van der Waals surface area contributed by atoms with Gasteiger partial charge in [0.1, 0.15) is 0 Å². The van der Waals surface area contributed by atoms with Gasteiger partial charge in [-0.2, -0.15) is 12.2 Å². The van der Waals surface area contributed by atoms with E-state index < -0.39 is 43.3 Å². The molecule has 0 unspecified atom stereocenters. The minimum Gasteiger partial charge on any atom is -0.334 e. The number of nitrogens with one attached hydrogen (secondary N) is 2. The maximum Gasteiger partial charge on any atom is 4.00 e. The SMILES string of the molecule is CCCCCCCCCCCCCCCCS(=O)(=O)Nc1ccc(F)[c-]c1F.CCCCCCCCCCCCCCCCS(=O)(=O)Nc1ccc(F)[c-]c1F.[C-]1=CC=CC1.[C-]1=CC=CC1.[Ti+4]. The Hall–Kier alpha value is -2.67. The average molecular weight is 1010 g/mol. The molecule has 0 heterocycles. The number of halogens is 4. The van der Waals surface area contributed by atoms with Gasteiger partial charge in [0.05, 0.1) is 11.5 Å². The maximum absolute atomic E-state index is 13.5. The molecule has 13 heteroatoms. The number of rotatable bonds is 34. The second kappa shape index (κ2) is 43.4. The number of anilines is 2. The van der Waals surface area contributed by atoms with Crippen molar-refractivity contribution >= 4 is 31.4 Å². The van der Waals surface area contributed by atoms with Crippen molar-refractivity contribution in [3.05, 3.63) is 108 Å². The first-order valence-electron chi connectivity index (χ1n) is 25.1. The summed E-state index contributed by atoms with van der Waals surface area (Å²) >= 11 is 0. The van der Waals surface area contributed by atoms with Crippen LogP contribution >= 0.6 is 0 Å². The van der Waals surface area contributed by atoms with Crippen molar-refractivity contribution in [1.82, 2.24) is 0 Å². The molecule has 0 bridgehead atoms. The maximum atomic E-state index is 13.5. The van der Waals surface area contributed by atoms with Gasteiger partial charge < -0.3 is 9.44 Å². The van der Waals surface area contributed by atoms with Gasteiger partial charge in [-0.05, 0) is 24.2 Å². The van der Waals surface area contributed by atoms with Gasteiger partial charge in [-0.1, -0.05) is 181 Å². The minimum absolute atomic E-state index is 0. The van der Waals surface area contributed by atoms with Gasteiger partial charge in [0.2, 0.25) is 20.0 Å². The molecule has 6 nitrogen and oxygen atoms in total. The second-order valence-corrected chi connectivity index (χ2v) is 20.8. The fourth-order valence-corrected chi connectivity index (χ4v) is 9.49. The number of allylic oxidation sites excluding steroid dienone is 8. The molecule has 2 N–H and O–H groups in total. The molecule has 0 spiro atoms. The summed E-state index contributed by atoms with van der Waals surface area (Å²) < 4.78 is 105. The van der Waals surface area contributed by atoms with Gasteiger partial charge >= 0.3 is 21.7 Å². The Morgan fingerprint density at radius 1 is 0.433 bits per heavy atom. The van der Waals surface area contributed by atoms with Crippen molar-refractivity contribution in [3.63, 3.8) is 0 Å². The Morgan fingerprint density at radius 2 is 0.701 bits per heavy atom. The molecule has 0 radical (unpaired) electrons. The van der Waals surface area contributed by atoms with Crippen LogP contribution in [0.15, 0.2) is 60.7 Å². The van der Waals surface area contributed by atoms with Gasteiger partial charge in [0, 0.05) is 23.3 Å². The molecule has 2 aliphatic rings. The summed E-state index contributed by atoms with van der Waals surface area (Å²) in [7, 11) is -7.24. The first-order chi connectivity index (χ1) is 31.9. The summed E-state index contributed by atoms with van der Waals surface area (Å²) in [6, 6.07) is 7.75. The van der Waals surface area contributed by atoms with E-state index in [-0.39, 0.29) is 44.6 Å². The van der Waals surface area contributed by atoms with Crippen LogP contribution in [0.2, 0.25) is 0 Å². The van der Waals surface area contributed by atoms with Crippen LogP contribution in [-0.4, -0.2) is 28.3 Å². The van der Waals surface area contributed by atoms with Crippen molar-refractivity contribution in [1.29, 1.82) is 0 Å². The first-order valence-corrected chi connectivity index (χ1v) is 28.4. The van der Waals surface area contributed by atoms with Gasteiger partial charge in [-0.3, -0.25) is 12.2 Å². The van der Waals surface area contributed by atoms with E-state index in [0.29, 0.717) is 12.8 Å². The molecule has 0 amide bonds. The summed E-state index contributed by atoms with van der Waals surface area (Å²) in [5.74, 6) is -3.86. The topological polar surface area (TPSA) is 92.3 Å². The van der Waals surface area contributed by atoms with E-state index in [9.17, 15) is 34.4 Å². The molecule has 2 aliphatic carbocycles. The van der Waals surface area contributed by atoms with E-state index in [1.807, 2.05) is 36.4 Å². The summed E-state index contributed by atoms with van der Waals surface area (Å²) in [5, 5.41) is 0. The number of unbranched alkanes of at least 4 members (excludes halogenated alkanes) is 26. The smallest absolute Gasteiger partial charge is 0.334 e. The van der Waals surface area contributed by atoms with E-state index in [2.05, 4.69) is 47.6 Å². The van der Waals surface area contributed by atoms with Gasteiger partial charge in [-0.15, -0.1) is 49.2 Å². The zero-order valence-corrected chi connectivity index (χ0v) is 44.1. The molecule has 2 aromatic rings. The monoisotopic (exact) mass is 1010 g/mol. The van der Waals surface area contributed by atoms with Crippen LogP contribution in [0.25, 0.3) is 0 Å². The van der Waals surface area contributed by atoms with Crippen molar-refractivity contribution in [2.75, 3.05) is 20.9 Å². The number of sulfonamides is 2. The van der Waals surface area contributed by atoms with E-state index in [1.54, 1.807) is 0 Å². The molecule has 0 saturated carbocycles. The van der Waals surface area contributed by atoms with Crippen molar-refractivity contribution < 1.29 is 56.1 Å². The predicted octanol–water partition coefficient (Wildman–Crippen LogP) is 16.6. The molecule has 0 saturated heterocycles. The van der Waals surface area contributed by atoms with Crippen LogP contribution in [0.5, 0.6) is 0 Å². The molecule has 0 atom stereocenters. The van der Waals surface area contributed by atoms with Crippen LogP contribution < -0.4 is 9.44 Å². The first kappa shape index (κ1) is 64.3. The molecular weight excluding hydrogens is 929 g/mol. The Morgan fingerprint density at radius 3 is 0.910 bits per heavy atom. The summed E-state index contributed by atoms with van der Waals surface area (Å²) in [5.41, 5.74) is -0.515. The van der Waals surface area contributed by atoms with Gasteiger partial charge in [-0.25, -0.2) is 58.7 Å². The zero-order chi connectivity index (χ0) is 48.4. The van der Waals surface area contributed by atoms with Crippen molar-refractivity contribution in [2.24, 2.45) is 0 Å². The molecule has 0 fully saturated rings. The van der Waals surface area contributed by atoms with Crippen molar-refractivity contribution in [2.45, 2.75) is 206 Å². The quantitative estimate of drug-likeness (QED) is 0.0316. The Balaban J connectivity index is 0.00000105. The summed E-state index contributed by atoms with van der Waals surface area (Å²) in [6.07, 6.45) is 53.5.